The van der Waals surface area contributed by atoms with Gasteiger partial charge in [0.1, 0.15) is 0 Å². The quantitative estimate of drug-likeness (QED) is 0.842. The van der Waals surface area contributed by atoms with Crippen LogP contribution in [-0.2, 0) is 0 Å². The number of nitrogens with zero attached hydrogens (tertiary/aromatic N) is 2. The summed E-state index contributed by atoms with van der Waals surface area (Å²) in [5, 5.41) is 5.87. The number of anilines is 2. The predicted molar refractivity (Wildman–Crippen MR) is 84.9 cm³/mol. The van der Waals surface area contributed by atoms with Crippen molar-refractivity contribution in [2.24, 2.45) is 0 Å². The topological polar surface area (TPSA) is 54.2 Å². The van der Waals surface area contributed by atoms with Gasteiger partial charge < -0.3 is 16.0 Å². The molecule has 3 N–H and O–H groups in total. The van der Waals surface area contributed by atoms with E-state index in [1.54, 1.807) is 6.20 Å². The van der Waals surface area contributed by atoms with Gasteiger partial charge in [-0.1, -0.05) is 6.92 Å². The van der Waals surface area contributed by atoms with Crippen LogP contribution in [0.5, 0.6) is 0 Å². The largest absolute Gasteiger partial charge is 0.398 e. The number of nitrogen functional groups attached to an aromatic ring is 1. The molecule has 4 heteroatoms. The van der Waals surface area contributed by atoms with E-state index in [1.807, 2.05) is 18.3 Å². The van der Waals surface area contributed by atoms with Gasteiger partial charge in [-0.15, -0.1) is 0 Å². The number of piperidine rings is 1. The monoisotopic (exact) mass is 270 g/mol. The molecule has 2 heterocycles. The van der Waals surface area contributed by atoms with E-state index < -0.39 is 0 Å². The van der Waals surface area contributed by atoms with Crippen molar-refractivity contribution >= 4 is 22.1 Å². The van der Waals surface area contributed by atoms with Gasteiger partial charge in [-0.25, -0.2) is 0 Å². The summed E-state index contributed by atoms with van der Waals surface area (Å²) in [6.45, 7) is 5.69. The molecule has 1 atom stereocenters. The lowest BCUT2D eigenvalue weighted by molar-refractivity contribution is 0.227. The van der Waals surface area contributed by atoms with Gasteiger partial charge in [0, 0.05) is 47.1 Å². The highest BCUT2D eigenvalue weighted by Crippen LogP contribution is 2.28. The van der Waals surface area contributed by atoms with Crippen LogP contribution in [0.3, 0.4) is 0 Å². The van der Waals surface area contributed by atoms with E-state index in [0.717, 1.165) is 35.2 Å². The Morgan fingerprint density at radius 1 is 1.35 bits per heavy atom. The summed E-state index contributed by atoms with van der Waals surface area (Å²) in [5.41, 5.74) is 7.99. The lowest BCUT2D eigenvalue weighted by Crippen LogP contribution is -2.41. The molecule has 0 bridgehead atoms. The Morgan fingerprint density at radius 3 is 3.10 bits per heavy atom. The molecule has 1 aromatic carbocycles. The Bertz CT molecular complexity index is 596. The molecule has 3 rings (SSSR count). The third kappa shape index (κ3) is 2.56. The van der Waals surface area contributed by atoms with Crippen LogP contribution in [0.15, 0.2) is 30.6 Å². The van der Waals surface area contributed by atoms with E-state index in [0.29, 0.717) is 6.04 Å². The average molecular weight is 270 g/mol. The first-order chi connectivity index (χ1) is 9.78. The molecule has 1 unspecified atom stereocenters. The third-order valence-corrected chi connectivity index (χ3v) is 4.16. The fourth-order valence-electron chi connectivity index (χ4n) is 3.02. The van der Waals surface area contributed by atoms with Crippen LogP contribution in [0.4, 0.5) is 11.4 Å². The molecule has 1 aliphatic heterocycles. The van der Waals surface area contributed by atoms with Crippen molar-refractivity contribution in [1.82, 2.24) is 9.88 Å². The first kappa shape index (κ1) is 13.2. The second-order valence-electron chi connectivity index (χ2n) is 5.50. The van der Waals surface area contributed by atoms with Crippen LogP contribution in [0.2, 0.25) is 0 Å². The first-order valence-corrected chi connectivity index (χ1v) is 7.39. The van der Waals surface area contributed by atoms with Crippen molar-refractivity contribution in [1.29, 1.82) is 0 Å². The van der Waals surface area contributed by atoms with E-state index >= 15 is 0 Å². The molecule has 4 nitrogen and oxygen atoms in total. The van der Waals surface area contributed by atoms with E-state index in [4.69, 9.17) is 5.73 Å². The molecule has 1 aliphatic rings. The first-order valence-electron chi connectivity index (χ1n) is 7.39. The van der Waals surface area contributed by atoms with E-state index in [9.17, 15) is 0 Å². The number of fused-ring (bicyclic) bond motifs is 1. The molecule has 20 heavy (non-hydrogen) atoms. The highest BCUT2D eigenvalue weighted by molar-refractivity contribution is 6.00. The summed E-state index contributed by atoms with van der Waals surface area (Å²) < 4.78 is 0. The third-order valence-electron chi connectivity index (χ3n) is 4.16. The summed E-state index contributed by atoms with van der Waals surface area (Å²) in [5.74, 6) is 0. The number of rotatable bonds is 3. The second kappa shape index (κ2) is 5.67. The smallest absolute Gasteiger partial charge is 0.0439 e. The Morgan fingerprint density at radius 2 is 2.25 bits per heavy atom. The highest BCUT2D eigenvalue weighted by Gasteiger charge is 2.19. The van der Waals surface area contributed by atoms with Gasteiger partial charge in [0.15, 0.2) is 0 Å². The zero-order valence-corrected chi connectivity index (χ0v) is 12.0. The maximum absolute atomic E-state index is 6.04. The van der Waals surface area contributed by atoms with Crippen LogP contribution in [-0.4, -0.2) is 35.6 Å². The zero-order valence-electron chi connectivity index (χ0n) is 12.0. The highest BCUT2D eigenvalue weighted by atomic mass is 15.2. The van der Waals surface area contributed by atoms with Crippen molar-refractivity contribution in [2.45, 2.75) is 25.8 Å². The van der Waals surface area contributed by atoms with Crippen molar-refractivity contribution < 1.29 is 0 Å². The normalized spacial score (nSPS) is 20.1. The number of benzene rings is 1. The Kier molecular flexibility index (Phi) is 3.74. The maximum atomic E-state index is 6.04. The number of nitrogens with one attached hydrogen (secondary N) is 1. The molecule has 0 amide bonds. The number of likely N-dealkylation sites (tertiary alicyclic amines) is 1. The molecule has 0 spiro atoms. The molecule has 1 aromatic heterocycles. The molecule has 0 aliphatic carbocycles. The van der Waals surface area contributed by atoms with Crippen molar-refractivity contribution in [3.05, 3.63) is 30.6 Å². The standard InChI is InChI=1S/C16H22N4/c1-2-20-9-3-4-12(11-20)19-16-6-5-15(17)13-7-8-18-10-14(13)16/h5-8,10,12,19H,2-4,9,11,17H2,1H3. The lowest BCUT2D eigenvalue weighted by atomic mass is 10.0. The minimum atomic E-state index is 0.510. The Balaban J connectivity index is 1.86. The molecule has 1 saturated heterocycles. The van der Waals surface area contributed by atoms with Crippen LogP contribution in [0.25, 0.3) is 10.8 Å². The number of likely N-dealkylation sites (N-methyl/N-ethyl adjacent to an activating group) is 1. The van der Waals surface area contributed by atoms with E-state index in [1.165, 1.54) is 19.4 Å². The van der Waals surface area contributed by atoms with Crippen LogP contribution >= 0.6 is 0 Å². The van der Waals surface area contributed by atoms with Crippen molar-refractivity contribution in [3.63, 3.8) is 0 Å². The van der Waals surface area contributed by atoms with Crippen LogP contribution in [0, 0.1) is 0 Å². The summed E-state index contributed by atoms with van der Waals surface area (Å²) in [6, 6.07) is 6.54. The SMILES string of the molecule is CCN1CCCC(Nc2ccc(N)c3ccncc23)C1. The van der Waals surface area contributed by atoms with Gasteiger partial charge in [-0.3, -0.25) is 4.98 Å². The fourth-order valence-corrected chi connectivity index (χ4v) is 3.02. The fraction of sp³-hybridized carbons (Fsp3) is 0.438. The van der Waals surface area contributed by atoms with E-state index in [-0.39, 0.29) is 0 Å². The number of pyridine rings is 1. The van der Waals surface area contributed by atoms with Gasteiger partial charge in [0.25, 0.3) is 0 Å². The van der Waals surface area contributed by atoms with E-state index in [2.05, 4.69) is 28.2 Å². The summed E-state index contributed by atoms with van der Waals surface area (Å²) in [4.78, 5) is 6.73. The predicted octanol–water partition coefficient (Wildman–Crippen LogP) is 2.71. The molecule has 106 valence electrons. The number of hydrogen-bond donors (Lipinski definition) is 2. The van der Waals surface area contributed by atoms with Crippen LogP contribution in [0.1, 0.15) is 19.8 Å². The van der Waals surface area contributed by atoms with Gasteiger partial charge in [-0.2, -0.15) is 0 Å². The summed E-state index contributed by atoms with van der Waals surface area (Å²) >= 11 is 0. The van der Waals surface area contributed by atoms with Crippen molar-refractivity contribution in [2.75, 3.05) is 30.7 Å². The molecular formula is C16H22N4. The van der Waals surface area contributed by atoms with Gasteiger partial charge in [-0.05, 0) is 44.1 Å². The molecule has 0 saturated carbocycles. The Hall–Kier alpha value is -1.81. The summed E-state index contributed by atoms with van der Waals surface area (Å²) in [7, 11) is 0. The number of nitrogens with two attached hydrogens (primary N) is 1. The minimum Gasteiger partial charge on any atom is -0.398 e. The molecule has 0 radical (unpaired) electrons. The second-order valence-corrected chi connectivity index (χ2v) is 5.50. The molecular weight excluding hydrogens is 248 g/mol. The maximum Gasteiger partial charge on any atom is 0.0439 e. The van der Waals surface area contributed by atoms with Gasteiger partial charge in [0.05, 0.1) is 0 Å². The molecule has 2 aromatic rings. The lowest BCUT2D eigenvalue weighted by Gasteiger charge is -2.33. The molecule has 1 fully saturated rings. The summed E-state index contributed by atoms with van der Waals surface area (Å²) in [6.07, 6.45) is 6.18. The number of aromatic nitrogens is 1. The van der Waals surface area contributed by atoms with Crippen LogP contribution < -0.4 is 11.1 Å². The number of hydrogen-bond acceptors (Lipinski definition) is 4. The average Bonchev–Trinajstić information content (AvgIpc) is 2.51. The van der Waals surface area contributed by atoms with Gasteiger partial charge >= 0.3 is 0 Å². The van der Waals surface area contributed by atoms with Gasteiger partial charge in [0.2, 0.25) is 0 Å². The zero-order chi connectivity index (χ0) is 13.9. The minimum absolute atomic E-state index is 0.510. The van der Waals surface area contributed by atoms with Crippen molar-refractivity contribution in [3.8, 4) is 0 Å². The Labute approximate surface area is 120 Å².